The zero-order valence-electron chi connectivity index (χ0n) is 10.7. The topological polar surface area (TPSA) is 64.3 Å². The summed E-state index contributed by atoms with van der Waals surface area (Å²) in [5.74, 6) is 0. The third-order valence-electron chi connectivity index (χ3n) is 3.62. The number of carbonyl (C=O) groups excluding carboxylic acids is 1. The minimum Gasteiger partial charge on any atom is -0.453 e. The van der Waals surface area contributed by atoms with E-state index in [9.17, 15) is 4.79 Å². The predicted octanol–water partition coefficient (Wildman–Crippen LogP) is 2.98. The number of hydrogen-bond acceptors (Lipinski definition) is 3. The van der Waals surface area contributed by atoms with Gasteiger partial charge in [-0.1, -0.05) is 31.4 Å². The molecule has 0 saturated heterocycles. The van der Waals surface area contributed by atoms with Gasteiger partial charge in [0.2, 0.25) is 0 Å². The average Bonchev–Trinajstić information content (AvgIpc) is 2.40. The molecule has 0 atom stereocenters. The molecule has 1 aromatic carbocycles. The predicted molar refractivity (Wildman–Crippen MR) is 71.4 cm³/mol. The summed E-state index contributed by atoms with van der Waals surface area (Å²) >= 11 is 0. The van der Waals surface area contributed by atoms with Crippen LogP contribution in [-0.2, 0) is 10.3 Å². The fourth-order valence-electron chi connectivity index (χ4n) is 2.55. The van der Waals surface area contributed by atoms with Crippen molar-refractivity contribution in [3.05, 3.63) is 29.8 Å². The maximum absolute atomic E-state index is 11.2. The lowest BCUT2D eigenvalue weighted by molar-refractivity contribution is 0.187. The highest BCUT2D eigenvalue weighted by molar-refractivity contribution is 5.84. The van der Waals surface area contributed by atoms with Gasteiger partial charge in [-0.3, -0.25) is 5.32 Å². The summed E-state index contributed by atoms with van der Waals surface area (Å²) in [4.78, 5) is 11.2. The van der Waals surface area contributed by atoms with E-state index in [0.717, 1.165) is 24.1 Å². The maximum atomic E-state index is 11.2. The lowest BCUT2D eigenvalue weighted by Gasteiger charge is -2.34. The van der Waals surface area contributed by atoms with Gasteiger partial charge in [-0.05, 0) is 30.5 Å². The second-order valence-corrected chi connectivity index (χ2v) is 4.91. The van der Waals surface area contributed by atoms with Crippen LogP contribution in [0, 0.1) is 0 Å². The van der Waals surface area contributed by atoms with Crippen LogP contribution in [0.25, 0.3) is 0 Å². The van der Waals surface area contributed by atoms with Crippen molar-refractivity contribution in [1.82, 2.24) is 0 Å². The first-order valence-electron chi connectivity index (χ1n) is 6.38. The lowest BCUT2D eigenvalue weighted by atomic mass is 9.77. The third-order valence-corrected chi connectivity index (χ3v) is 3.62. The summed E-state index contributed by atoms with van der Waals surface area (Å²) in [5.41, 5.74) is 8.05. The Hall–Kier alpha value is -1.55. The Labute approximate surface area is 108 Å². The highest BCUT2D eigenvalue weighted by atomic mass is 16.5. The van der Waals surface area contributed by atoms with E-state index in [0.29, 0.717) is 0 Å². The number of hydrogen-bond donors (Lipinski definition) is 2. The number of methoxy groups -OCH3 is 1. The Balaban J connectivity index is 2.18. The van der Waals surface area contributed by atoms with E-state index in [-0.39, 0.29) is 5.54 Å². The van der Waals surface area contributed by atoms with Gasteiger partial charge in [0.25, 0.3) is 0 Å². The highest BCUT2D eigenvalue weighted by Crippen LogP contribution is 2.35. The molecule has 1 aromatic rings. The minimum absolute atomic E-state index is 0.244. The molecule has 0 aliphatic heterocycles. The Morgan fingerprint density at radius 2 is 2.06 bits per heavy atom. The fourth-order valence-corrected chi connectivity index (χ4v) is 2.55. The van der Waals surface area contributed by atoms with E-state index in [1.165, 1.54) is 26.4 Å². The Kier molecular flexibility index (Phi) is 3.87. The zero-order valence-corrected chi connectivity index (χ0v) is 10.7. The molecule has 4 heteroatoms. The van der Waals surface area contributed by atoms with Crippen molar-refractivity contribution >= 4 is 11.8 Å². The number of carbonyl (C=O) groups is 1. The van der Waals surface area contributed by atoms with Crippen LogP contribution in [0.15, 0.2) is 24.3 Å². The van der Waals surface area contributed by atoms with Crippen molar-refractivity contribution in [3.8, 4) is 0 Å². The monoisotopic (exact) mass is 248 g/mol. The van der Waals surface area contributed by atoms with Gasteiger partial charge >= 0.3 is 6.09 Å². The molecule has 0 spiro atoms. The van der Waals surface area contributed by atoms with Crippen molar-refractivity contribution in [1.29, 1.82) is 0 Å². The second-order valence-electron chi connectivity index (χ2n) is 4.91. The maximum Gasteiger partial charge on any atom is 0.411 e. The van der Waals surface area contributed by atoms with Gasteiger partial charge in [-0.2, -0.15) is 0 Å². The van der Waals surface area contributed by atoms with Crippen LogP contribution in [0.2, 0.25) is 0 Å². The number of rotatable bonds is 2. The van der Waals surface area contributed by atoms with Gasteiger partial charge in [-0.15, -0.1) is 0 Å². The van der Waals surface area contributed by atoms with Crippen LogP contribution in [0.4, 0.5) is 10.5 Å². The summed E-state index contributed by atoms with van der Waals surface area (Å²) in [6.45, 7) is 0. The van der Waals surface area contributed by atoms with Crippen LogP contribution in [0.1, 0.15) is 37.7 Å². The zero-order chi connectivity index (χ0) is 13.0. The van der Waals surface area contributed by atoms with Gasteiger partial charge < -0.3 is 10.5 Å². The first kappa shape index (κ1) is 12.9. The Morgan fingerprint density at radius 3 is 2.72 bits per heavy atom. The third kappa shape index (κ3) is 2.82. The Morgan fingerprint density at radius 1 is 1.33 bits per heavy atom. The molecule has 0 heterocycles. The fraction of sp³-hybridized carbons (Fsp3) is 0.500. The number of amides is 1. The molecule has 0 radical (unpaired) electrons. The Bertz CT molecular complexity index is 426. The minimum atomic E-state index is -0.457. The largest absolute Gasteiger partial charge is 0.453 e. The molecule has 1 fully saturated rings. The number of anilines is 1. The van der Waals surface area contributed by atoms with Crippen molar-refractivity contribution in [3.63, 3.8) is 0 Å². The molecule has 1 saturated carbocycles. The quantitative estimate of drug-likeness (QED) is 0.845. The smallest absolute Gasteiger partial charge is 0.411 e. The van der Waals surface area contributed by atoms with Crippen LogP contribution in [0.3, 0.4) is 0 Å². The molecule has 98 valence electrons. The van der Waals surface area contributed by atoms with Gasteiger partial charge in [-0.25, -0.2) is 4.79 Å². The highest BCUT2D eigenvalue weighted by Gasteiger charge is 2.29. The SMILES string of the molecule is COC(=O)Nc1cccc(C2(N)CCCCC2)c1. The molecular weight excluding hydrogens is 228 g/mol. The number of nitrogens with one attached hydrogen (secondary N) is 1. The molecule has 0 unspecified atom stereocenters. The van der Waals surface area contributed by atoms with Crippen LogP contribution < -0.4 is 11.1 Å². The summed E-state index contributed by atoms with van der Waals surface area (Å²) < 4.78 is 4.58. The second kappa shape index (κ2) is 5.40. The van der Waals surface area contributed by atoms with E-state index in [4.69, 9.17) is 5.73 Å². The van der Waals surface area contributed by atoms with Crippen molar-refractivity contribution in [2.24, 2.45) is 5.73 Å². The molecular formula is C14H20N2O2. The van der Waals surface area contributed by atoms with Crippen LogP contribution >= 0.6 is 0 Å². The molecule has 2 rings (SSSR count). The van der Waals surface area contributed by atoms with Gasteiger partial charge in [0, 0.05) is 11.2 Å². The molecule has 0 bridgehead atoms. The van der Waals surface area contributed by atoms with E-state index >= 15 is 0 Å². The van der Waals surface area contributed by atoms with Gasteiger partial charge in [0.15, 0.2) is 0 Å². The van der Waals surface area contributed by atoms with E-state index < -0.39 is 6.09 Å². The van der Waals surface area contributed by atoms with E-state index in [1.54, 1.807) is 0 Å². The van der Waals surface area contributed by atoms with Crippen LogP contribution in [0.5, 0.6) is 0 Å². The average molecular weight is 248 g/mol. The van der Waals surface area contributed by atoms with Gasteiger partial charge in [0.05, 0.1) is 7.11 Å². The standard InChI is InChI=1S/C14H20N2O2/c1-18-13(17)16-12-7-5-6-11(10-12)14(15)8-3-2-4-9-14/h5-7,10H,2-4,8-9,15H2,1H3,(H,16,17). The normalized spacial score (nSPS) is 18.1. The summed E-state index contributed by atoms with van der Waals surface area (Å²) in [5, 5.41) is 2.67. The van der Waals surface area contributed by atoms with Crippen LogP contribution in [-0.4, -0.2) is 13.2 Å². The molecule has 0 aromatic heterocycles. The number of nitrogens with two attached hydrogens (primary N) is 1. The first-order valence-corrected chi connectivity index (χ1v) is 6.38. The van der Waals surface area contributed by atoms with E-state index in [1.807, 2.05) is 24.3 Å². The number of benzene rings is 1. The van der Waals surface area contributed by atoms with Crippen molar-refractivity contribution in [2.45, 2.75) is 37.6 Å². The molecule has 18 heavy (non-hydrogen) atoms. The summed E-state index contributed by atoms with van der Waals surface area (Å²) in [7, 11) is 1.35. The molecule has 4 nitrogen and oxygen atoms in total. The summed E-state index contributed by atoms with van der Waals surface area (Å²) in [6, 6.07) is 7.74. The van der Waals surface area contributed by atoms with Crippen molar-refractivity contribution in [2.75, 3.05) is 12.4 Å². The molecule has 1 amide bonds. The molecule has 1 aliphatic carbocycles. The van der Waals surface area contributed by atoms with Crippen molar-refractivity contribution < 1.29 is 9.53 Å². The van der Waals surface area contributed by atoms with Gasteiger partial charge in [0.1, 0.15) is 0 Å². The lowest BCUT2D eigenvalue weighted by Crippen LogP contribution is -2.38. The van der Waals surface area contributed by atoms with E-state index in [2.05, 4.69) is 10.1 Å². The number of ether oxygens (including phenoxy) is 1. The first-order chi connectivity index (χ1) is 8.64. The molecule has 3 N–H and O–H groups in total. The summed E-state index contributed by atoms with van der Waals surface area (Å²) in [6.07, 6.45) is 5.17. The molecule has 1 aliphatic rings.